The minimum absolute atomic E-state index is 0.00483. The van der Waals surface area contributed by atoms with E-state index in [0.29, 0.717) is 0 Å². The van der Waals surface area contributed by atoms with E-state index in [-0.39, 0.29) is 28.4 Å². The van der Waals surface area contributed by atoms with Crippen molar-refractivity contribution in [1.82, 2.24) is 0 Å². The first-order valence-corrected chi connectivity index (χ1v) is 25.7. The van der Waals surface area contributed by atoms with Gasteiger partial charge in [-0.05, 0) is 195 Å². The number of anilines is 9. The van der Waals surface area contributed by atoms with E-state index in [4.69, 9.17) is 0 Å². The Morgan fingerprint density at radius 3 is 1.49 bits per heavy atom. The van der Waals surface area contributed by atoms with Crippen molar-refractivity contribution in [3.8, 4) is 11.1 Å². The van der Waals surface area contributed by atoms with Crippen molar-refractivity contribution in [2.75, 3.05) is 14.7 Å². The number of nitrogens with zero attached hydrogens (tertiary/aromatic N) is 3. The number of rotatable bonds is 6. The quantitative estimate of drug-likeness (QED) is 0.154. The summed E-state index contributed by atoms with van der Waals surface area (Å²) in [5.74, 6) is 0. The van der Waals surface area contributed by atoms with Crippen LogP contribution >= 0.6 is 0 Å². The van der Waals surface area contributed by atoms with Crippen LogP contribution in [0.5, 0.6) is 0 Å². The first kappa shape index (κ1) is 44.4. The summed E-state index contributed by atoms with van der Waals surface area (Å²) in [6, 6.07) is 62.4. The van der Waals surface area contributed by atoms with E-state index in [9.17, 15) is 0 Å². The third-order valence-electron chi connectivity index (χ3n) is 16.9. The third kappa shape index (κ3) is 6.84. The van der Waals surface area contributed by atoms with Gasteiger partial charge in [-0.1, -0.05) is 152 Å². The molecule has 8 aromatic rings. The zero-order valence-corrected chi connectivity index (χ0v) is 43.1. The summed E-state index contributed by atoms with van der Waals surface area (Å²) >= 11 is 0. The van der Waals surface area contributed by atoms with Gasteiger partial charge in [-0.3, -0.25) is 0 Å². The molecule has 0 bridgehead atoms. The van der Waals surface area contributed by atoms with Gasteiger partial charge in [0, 0.05) is 51.2 Å². The second-order valence-electron chi connectivity index (χ2n) is 23.8. The number of hydrogen-bond acceptors (Lipinski definition) is 3. The van der Waals surface area contributed by atoms with E-state index in [2.05, 4.69) is 255 Å². The molecule has 4 aliphatic rings. The highest BCUT2D eigenvalue weighted by Crippen LogP contribution is 2.55. The number of hydrogen-bond donors (Lipinski definition) is 0. The van der Waals surface area contributed by atoms with Gasteiger partial charge in [-0.15, -0.1) is 0 Å². The Morgan fingerprint density at radius 1 is 0.386 bits per heavy atom. The molecule has 0 radical (unpaired) electrons. The second kappa shape index (κ2) is 15.6. The van der Waals surface area contributed by atoms with Crippen molar-refractivity contribution >= 4 is 74.3 Å². The molecular weight excluding hydrogens is 846 g/mol. The molecule has 0 fully saturated rings. The number of fused-ring (bicyclic) bond motifs is 6. The average molecular weight is 912 g/mol. The van der Waals surface area contributed by atoms with Gasteiger partial charge in [0.05, 0.1) is 0 Å². The van der Waals surface area contributed by atoms with E-state index in [0.717, 1.165) is 23.5 Å². The molecule has 0 saturated carbocycles. The van der Waals surface area contributed by atoms with Crippen LogP contribution in [-0.4, -0.2) is 6.71 Å². The number of para-hydroxylation sites is 2. The standard InChI is InChI=1S/C66H66BN3/c1-42-33-60-62-61(34-42)70(57-39-52-50(35-44(57)3)63(4,5)31-32-64(52,6)7)59-40-53-51(65(8,9)41-66(53,10)11)38-55(59)67(62)54-30-29-49(68(47-23-17-13-18-24-47)48-25-19-14-20-26-48)37-58(54)69(60)56-36-46(28-27-43(56)2)45-21-15-12-16-22-45/h12-30,33-40H,31-32,41H2,1-11H3. The summed E-state index contributed by atoms with van der Waals surface area (Å²) in [5, 5.41) is 0. The monoisotopic (exact) mass is 912 g/mol. The Labute approximate surface area is 417 Å². The maximum Gasteiger partial charge on any atom is 0.252 e. The fraction of sp³-hybridized carbons (Fsp3) is 0.273. The largest absolute Gasteiger partial charge is 0.311 e. The molecule has 0 saturated heterocycles. The van der Waals surface area contributed by atoms with Gasteiger partial charge in [-0.2, -0.15) is 0 Å². The molecule has 0 unspecified atom stereocenters. The highest BCUT2D eigenvalue weighted by molar-refractivity contribution is 7.00. The van der Waals surface area contributed by atoms with E-state index < -0.39 is 0 Å². The number of aryl methyl sites for hydroxylation is 3. The van der Waals surface area contributed by atoms with Crippen LogP contribution in [0.3, 0.4) is 0 Å². The van der Waals surface area contributed by atoms with Crippen molar-refractivity contribution in [2.45, 2.75) is 117 Å². The zero-order valence-electron chi connectivity index (χ0n) is 43.1. The average Bonchev–Trinajstić information content (AvgIpc) is 3.52. The van der Waals surface area contributed by atoms with Gasteiger partial charge in [0.2, 0.25) is 0 Å². The Bertz CT molecular complexity index is 3360. The van der Waals surface area contributed by atoms with Crippen LogP contribution in [0.15, 0.2) is 164 Å². The lowest BCUT2D eigenvalue weighted by molar-refractivity contribution is 0.332. The molecule has 0 N–H and O–H groups in total. The lowest BCUT2D eigenvalue weighted by atomic mass is 9.33. The molecule has 8 aromatic carbocycles. The Balaban J connectivity index is 1.19. The molecule has 70 heavy (non-hydrogen) atoms. The van der Waals surface area contributed by atoms with E-state index in [1.54, 1.807) is 0 Å². The van der Waals surface area contributed by atoms with Gasteiger partial charge in [-0.25, -0.2) is 0 Å². The smallest absolute Gasteiger partial charge is 0.252 e. The summed E-state index contributed by atoms with van der Waals surface area (Å²) in [6.45, 7) is 26.7. The van der Waals surface area contributed by atoms with E-state index in [1.807, 2.05) is 0 Å². The highest BCUT2D eigenvalue weighted by atomic mass is 15.2. The van der Waals surface area contributed by atoms with Gasteiger partial charge in [0.25, 0.3) is 6.71 Å². The van der Waals surface area contributed by atoms with Gasteiger partial charge < -0.3 is 14.7 Å². The molecule has 2 heterocycles. The fourth-order valence-electron chi connectivity index (χ4n) is 13.4. The fourth-order valence-corrected chi connectivity index (χ4v) is 13.4. The SMILES string of the molecule is Cc1cc2c3c(c1)N(c1cc4c(cc1C)C(C)(C)CCC4(C)C)c1cc4c(cc1B3c1ccc(N(c3ccccc3)c3ccccc3)cc1N2c1cc(-c2ccccc2)ccc1C)C(C)(C)CC4(C)C. The minimum atomic E-state index is -0.00483. The maximum atomic E-state index is 2.71. The first-order valence-electron chi connectivity index (χ1n) is 25.7. The summed E-state index contributed by atoms with van der Waals surface area (Å²) in [6.07, 6.45) is 3.48. The van der Waals surface area contributed by atoms with E-state index in [1.165, 1.54) is 113 Å². The summed E-state index contributed by atoms with van der Waals surface area (Å²) in [7, 11) is 0. The predicted octanol–water partition coefficient (Wildman–Crippen LogP) is 16.1. The first-order chi connectivity index (χ1) is 33.4. The topological polar surface area (TPSA) is 9.72 Å². The molecular formula is C66H66BN3. The molecule has 348 valence electrons. The van der Waals surface area contributed by atoms with Crippen molar-refractivity contribution in [1.29, 1.82) is 0 Å². The van der Waals surface area contributed by atoms with Crippen LogP contribution in [0.4, 0.5) is 51.2 Å². The third-order valence-corrected chi connectivity index (χ3v) is 16.9. The van der Waals surface area contributed by atoms with Gasteiger partial charge in [0.1, 0.15) is 0 Å². The molecule has 2 aliphatic heterocycles. The van der Waals surface area contributed by atoms with Crippen molar-refractivity contribution in [2.24, 2.45) is 0 Å². The second-order valence-corrected chi connectivity index (χ2v) is 23.8. The van der Waals surface area contributed by atoms with Crippen LogP contribution in [0.2, 0.25) is 0 Å². The Kier molecular flexibility index (Phi) is 9.91. The van der Waals surface area contributed by atoms with Crippen LogP contribution in [0, 0.1) is 20.8 Å². The van der Waals surface area contributed by atoms with Crippen LogP contribution in [-0.2, 0) is 21.7 Å². The van der Waals surface area contributed by atoms with Crippen molar-refractivity contribution < 1.29 is 0 Å². The molecule has 4 heteroatoms. The van der Waals surface area contributed by atoms with Crippen LogP contribution in [0.1, 0.15) is 114 Å². The molecule has 0 atom stereocenters. The van der Waals surface area contributed by atoms with E-state index >= 15 is 0 Å². The van der Waals surface area contributed by atoms with Gasteiger partial charge >= 0.3 is 0 Å². The zero-order chi connectivity index (χ0) is 48.6. The number of benzene rings is 8. The molecule has 0 aromatic heterocycles. The Morgan fingerprint density at radius 2 is 0.886 bits per heavy atom. The predicted molar refractivity (Wildman–Crippen MR) is 301 cm³/mol. The van der Waals surface area contributed by atoms with Gasteiger partial charge in [0.15, 0.2) is 0 Å². The normalized spacial score (nSPS) is 17.3. The summed E-state index contributed by atoms with van der Waals surface area (Å²) in [5.41, 5.74) is 27.5. The molecule has 12 rings (SSSR count). The highest BCUT2D eigenvalue weighted by Gasteiger charge is 2.49. The van der Waals surface area contributed by atoms with Crippen LogP contribution < -0.4 is 31.1 Å². The van der Waals surface area contributed by atoms with Crippen LogP contribution in [0.25, 0.3) is 11.1 Å². The lowest BCUT2D eigenvalue weighted by Crippen LogP contribution is -2.61. The maximum absolute atomic E-state index is 2.71. The molecule has 0 spiro atoms. The molecule has 2 aliphatic carbocycles. The summed E-state index contributed by atoms with van der Waals surface area (Å²) < 4.78 is 0. The Hall–Kier alpha value is -6.78. The van der Waals surface area contributed by atoms with Crippen molar-refractivity contribution in [3.05, 3.63) is 203 Å². The molecule has 3 nitrogen and oxygen atoms in total. The molecule has 0 amide bonds. The van der Waals surface area contributed by atoms with Crippen molar-refractivity contribution in [3.63, 3.8) is 0 Å². The minimum Gasteiger partial charge on any atom is -0.311 e. The lowest BCUT2D eigenvalue weighted by Gasteiger charge is -2.47. The summed E-state index contributed by atoms with van der Waals surface area (Å²) in [4.78, 5) is 7.76.